The zero-order chi connectivity index (χ0) is 38.3. The predicted molar refractivity (Wildman–Crippen MR) is 185 cm³/mol. The fourth-order valence-electron chi connectivity index (χ4n) is 8.69. The molecule has 52 heavy (non-hydrogen) atoms. The molecule has 0 aromatic heterocycles. The van der Waals surface area contributed by atoms with Gasteiger partial charge in [0.15, 0.2) is 12.2 Å². The van der Waals surface area contributed by atoms with Gasteiger partial charge in [0.2, 0.25) is 0 Å². The van der Waals surface area contributed by atoms with Crippen LogP contribution in [0.1, 0.15) is 68.2 Å². The van der Waals surface area contributed by atoms with E-state index in [0.29, 0.717) is 58.8 Å². The summed E-state index contributed by atoms with van der Waals surface area (Å²) in [6, 6.07) is -1.59. The second-order valence-corrected chi connectivity index (χ2v) is 13.9. The van der Waals surface area contributed by atoms with Crippen molar-refractivity contribution in [2.24, 2.45) is 0 Å². The molecule has 3 heterocycles. The number of allylic oxidation sites excluding steroid dienone is 1. The Bertz CT molecular complexity index is 1700. The third kappa shape index (κ3) is 6.90. The first-order valence-corrected chi connectivity index (χ1v) is 17.5. The maximum absolute atomic E-state index is 13.1. The predicted octanol–water partition coefficient (Wildman–Crippen LogP) is 3.21. The molecule has 0 spiro atoms. The van der Waals surface area contributed by atoms with Crippen molar-refractivity contribution in [3.8, 4) is 0 Å². The van der Waals surface area contributed by atoms with Gasteiger partial charge in [-0.25, -0.2) is 4.79 Å². The van der Waals surface area contributed by atoms with Gasteiger partial charge in [0.1, 0.15) is 30.3 Å². The van der Waals surface area contributed by atoms with Crippen LogP contribution in [0.3, 0.4) is 0 Å². The molecule has 0 saturated carbocycles. The summed E-state index contributed by atoms with van der Waals surface area (Å²) in [6.07, 6.45) is -1.03. The third-order valence-corrected chi connectivity index (χ3v) is 10.9. The maximum Gasteiger partial charge on any atom is 0.333 e. The molecular formula is C38H50N2O12. The van der Waals surface area contributed by atoms with E-state index in [0.717, 1.165) is 11.1 Å². The summed E-state index contributed by atoms with van der Waals surface area (Å²) in [7, 11) is 4.97. The molecule has 0 radical (unpaired) electrons. The second-order valence-electron chi connectivity index (χ2n) is 13.9. The molecule has 1 saturated heterocycles. The number of carbonyl (C=O) groups is 5. The summed E-state index contributed by atoms with van der Waals surface area (Å²) in [6.45, 7) is 12.7. The summed E-state index contributed by atoms with van der Waals surface area (Å²) in [5.41, 5.74) is 4.52. The van der Waals surface area contributed by atoms with E-state index in [1.807, 2.05) is 14.0 Å². The lowest BCUT2D eigenvalue weighted by Crippen LogP contribution is -2.71. The highest BCUT2D eigenvalue weighted by atomic mass is 16.6. The van der Waals surface area contributed by atoms with E-state index < -0.39 is 66.3 Å². The number of rotatable bonds is 9. The van der Waals surface area contributed by atoms with Gasteiger partial charge in [-0.3, -0.25) is 29.0 Å². The minimum absolute atomic E-state index is 0.110. The zero-order valence-corrected chi connectivity index (χ0v) is 31.8. The molecule has 3 aliphatic heterocycles. The van der Waals surface area contributed by atoms with Gasteiger partial charge < -0.3 is 33.2 Å². The Labute approximate surface area is 304 Å². The van der Waals surface area contributed by atoms with Crippen molar-refractivity contribution in [2.75, 3.05) is 34.4 Å². The highest BCUT2D eigenvalue weighted by Crippen LogP contribution is 2.51. The number of esters is 5. The van der Waals surface area contributed by atoms with Crippen LogP contribution in [0, 0.1) is 0 Å². The minimum atomic E-state index is -0.978. The first-order chi connectivity index (χ1) is 24.6. The number of hydrogen-bond acceptors (Lipinski definition) is 14. The molecule has 2 aliphatic carbocycles. The number of methoxy groups -OCH3 is 2. The number of likely N-dealkylation sites (N-methyl/N-ethyl adjacent to an activating group) is 1. The Kier molecular flexibility index (Phi) is 11.4. The van der Waals surface area contributed by atoms with Crippen LogP contribution in [0.2, 0.25) is 0 Å². The molecule has 14 nitrogen and oxygen atoms in total. The Morgan fingerprint density at radius 3 is 1.63 bits per heavy atom. The van der Waals surface area contributed by atoms with Gasteiger partial charge in [0.25, 0.3) is 0 Å². The first-order valence-electron chi connectivity index (χ1n) is 17.5. The van der Waals surface area contributed by atoms with Gasteiger partial charge in [-0.2, -0.15) is 0 Å². The van der Waals surface area contributed by atoms with Gasteiger partial charge in [0, 0.05) is 68.6 Å². The number of piperazine rings is 1. The van der Waals surface area contributed by atoms with E-state index in [-0.39, 0.29) is 18.7 Å². The highest BCUT2D eigenvalue weighted by molar-refractivity contribution is 5.87. The number of ether oxygens (including phenoxy) is 7. The van der Waals surface area contributed by atoms with Crippen LogP contribution >= 0.6 is 0 Å². The van der Waals surface area contributed by atoms with Crippen LogP contribution in [-0.2, 0) is 57.1 Å². The monoisotopic (exact) mass is 726 g/mol. The van der Waals surface area contributed by atoms with Crippen molar-refractivity contribution in [1.82, 2.24) is 9.80 Å². The van der Waals surface area contributed by atoms with Crippen molar-refractivity contribution in [3.63, 3.8) is 0 Å². The lowest BCUT2D eigenvalue weighted by Gasteiger charge is -2.60. The molecule has 5 rings (SSSR count). The van der Waals surface area contributed by atoms with Crippen molar-refractivity contribution in [2.45, 2.75) is 117 Å². The standard InChI is InChI=1S/C38H50N2O12/c1-12-17(2)38(45)48-16-28-29-26(33(50-21(6)42)19(4)34(46-10)36(29)51-22(7)43)14-27-31-30-25(13-24(39(31)9)15-40(27)28)32(49-20(5)41)18(3)35(47-11)37(30)52-23(8)44/h12,24,27-28,31-33,36-37H,13-16H2,1-11H3/b17-12-/t24-,27+,28-,31-,32?,33?,36?,37?/m0/s1. The first kappa shape index (κ1) is 38.8. The molecule has 2 bridgehead atoms. The van der Waals surface area contributed by atoms with Crippen molar-refractivity contribution >= 4 is 29.8 Å². The second kappa shape index (κ2) is 15.3. The molecule has 0 amide bonds. The molecule has 0 aromatic carbocycles. The molecule has 8 atom stereocenters. The lowest BCUT2D eigenvalue weighted by atomic mass is 9.68. The van der Waals surface area contributed by atoms with E-state index in [9.17, 15) is 24.0 Å². The maximum atomic E-state index is 13.1. The van der Waals surface area contributed by atoms with Crippen LogP contribution < -0.4 is 0 Å². The molecule has 0 N–H and O–H groups in total. The molecule has 5 aliphatic rings. The van der Waals surface area contributed by atoms with Crippen molar-refractivity contribution < 1.29 is 57.1 Å². The minimum Gasteiger partial charge on any atom is -0.497 e. The van der Waals surface area contributed by atoms with E-state index >= 15 is 0 Å². The average molecular weight is 727 g/mol. The molecule has 4 unspecified atom stereocenters. The summed E-state index contributed by atoms with van der Waals surface area (Å²) in [5.74, 6) is -1.84. The van der Waals surface area contributed by atoms with E-state index in [2.05, 4.69) is 9.80 Å². The topological polar surface area (TPSA) is 156 Å². The van der Waals surface area contributed by atoms with E-state index in [1.165, 1.54) is 41.9 Å². The average Bonchev–Trinajstić information content (AvgIpc) is 3.06. The summed E-state index contributed by atoms with van der Waals surface area (Å²) < 4.78 is 41.7. The SMILES string of the molecule is C/C=C(/C)C(=O)OC[C@H]1C2=C(C[C@@H]3[C@H]4C5=C(C[C@@H](CN31)N4C)C(OC(C)=O)C(C)=C(OC)C5OC(C)=O)C(OC(C)=O)C(C)=C(OC)C2OC(C)=O. The lowest BCUT2D eigenvalue weighted by molar-refractivity contribution is -0.151. The zero-order valence-electron chi connectivity index (χ0n) is 31.8. The largest absolute Gasteiger partial charge is 0.497 e. The Hall–Kier alpha value is -4.43. The molecule has 284 valence electrons. The Balaban J connectivity index is 1.76. The number of nitrogens with zero attached hydrogens (tertiary/aromatic N) is 2. The Morgan fingerprint density at radius 2 is 1.17 bits per heavy atom. The summed E-state index contributed by atoms with van der Waals surface area (Å²) >= 11 is 0. The summed E-state index contributed by atoms with van der Waals surface area (Å²) in [5, 5.41) is 0. The quantitative estimate of drug-likeness (QED) is 0.148. The van der Waals surface area contributed by atoms with Crippen LogP contribution in [0.25, 0.3) is 0 Å². The Morgan fingerprint density at radius 1 is 0.712 bits per heavy atom. The normalized spacial score (nSPS) is 30.5. The van der Waals surface area contributed by atoms with Crippen molar-refractivity contribution in [1.29, 1.82) is 0 Å². The van der Waals surface area contributed by atoms with Gasteiger partial charge in [-0.15, -0.1) is 0 Å². The van der Waals surface area contributed by atoms with Crippen LogP contribution in [-0.4, -0.2) is 123 Å². The molecule has 0 aromatic rings. The highest BCUT2D eigenvalue weighted by Gasteiger charge is 2.58. The molecule has 1 fully saturated rings. The fraction of sp³-hybridized carbons (Fsp3) is 0.605. The smallest absolute Gasteiger partial charge is 0.333 e. The van der Waals surface area contributed by atoms with E-state index in [4.69, 9.17) is 33.2 Å². The number of carbonyl (C=O) groups excluding carboxylic acids is 5. The fourth-order valence-corrected chi connectivity index (χ4v) is 8.69. The number of hydrogen-bond donors (Lipinski definition) is 0. The van der Waals surface area contributed by atoms with Crippen LogP contribution in [0.5, 0.6) is 0 Å². The molecule has 14 heteroatoms. The van der Waals surface area contributed by atoms with Gasteiger partial charge in [-0.1, -0.05) is 6.08 Å². The van der Waals surface area contributed by atoms with E-state index in [1.54, 1.807) is 26.8 Å². The number of fused-ring (bicyclic) bond motifs is 5. The van der Waals surface area contributed by atoms with Gasteiger partial charge in [0.05, 0.1) is 26.3 Å². The van der Waals surface area contributed by atoms with Crippen LogP contribution in [0.15, 0.2) is 56.6 Å². The third-order valence-electron chi connectivity index (χ3n) is 10.9. The van der Waals surface area contributed by atoms with Crippen LogP contribution in [0.4, 0.5) is 0 Å². The summed E-state index contributed by atoms with van der Waals surface area (Å²) in [4.78, 5) is 68.1. The van der Waals surface area contributed by atoms with Gasteiger partial charge >= 0.3 is 29.8 Å². The van der Waals surface area contributed by atoms with Gasteiger partial charge in [-0.05, 0) is 64.3 Å². The van der Waals surface area contributed by atoms with Crippen molar-refractivity contribution in [3.05, 3.63) is 56.6 Å². The molecular weight excluding hydrogens is 676 g/mol.